The van der Waals surface area contributed by atoms with Crippen LogP contribution in [0, 0.1) is 19.8 Å². The lowest BCUT2D eigenvalue weighted by Gasteiger charge is -2.42. The van der Waals surface area contributed by atoms with Crippen molar-refractivity contribution in [1.82, 2.24) is 24.5 Å². The van der Waals surface area contributed by atoms with Crippen molar-refractivity contribution in [2.45, 2.75) is 90.7 Å². The molecule has 3 aromatic rings. The average molecular weight is 560 g/mol. The normalized spacial score (nSPS) is 22.7. The highest BCUT2D eigenvalue weighted by atomic mass is 16.5. The van der Waals surface area contributed by atoms with Crippen molar-refractivity contribution in [3.8, 4) is 0 Å². The summed E-state index contributed by atoms with van der Waals surface area (Å²) in [7, 11) is 0. The Morgan fingerprint density at radius 2 is 1.85 bits per heavy atom. The van der Waals surface area contributed by atoms with E-state index in [-0.39, 0.29) is 5.60 Å². The largest absolute Gasteiger partial charge is 0.512 e. The Balaban J connectivity index is 1.17. The molecule has 2 fully saturated rings. The summed E-state index contributed by atoms with van der Waals surface area (Å²) in [6.45, 7) is 11.3. The van der Waals surface area contributed by atoms with Gasteiger partial charge in [0.2, 0.25) is 0 Å². The highest BCUT2D eigenvalue weighted by Gasteiger charge is 2.44. The van der Waals surface area contributed by atoms with E-state index >= 15 is 0 Å². The number of fused-ring (bicyclic) bond motifs is 1. The zero-order chi connectivity index (χ0) is 28.4. The molecular weight excluding hydrogens is 514 g/mol. The van der Waals surface area contributed by atoms with Crippen LogP contribution in [-0.2, 0) is 35.3 Å². The van der Waals surface area contributed by atoms with Crippen molar-refractivity contribution in [1.29, 1.82) is 0 Å². The number of aryl methyl sites for hydroxylation is 4. The van der Waals surface area contributed by atoms with Gasteiger partial charge in [0.1, 0.15) is 0 Å². The number of benzene rings is 1. The molecule has 6 rings (SSSR count). The maximum absolute atomic E-state index is 11.4. The third-order valence-corrected chi connectivity index (χ3v) is 9.53. The second kappa shape index (κ2) is 12.2. The van der Waals surface area contributed by atoms with Gasteiger partial charge in [-0.25, -0.2) is 9.50 Å². The monoisotopic (exact) mass is 559 g/mol. The molecule has 4 heterocycles. The number of hydrogen-bond acceptors (Lipinski definition) is 7. The van der Waals surface area contributed by atoms with Crippen LogP contribution in [0.1, 0.15) is 79.4 Å². The lowest BCUT2D eigenvalue weighted by atomic mass is 9.76. The van der Waals surface area contributed by atoms with Crippen molar-refractivity contribution in [2.75, 3.05) is 32.9 Å². The van der Waals surface area contributed by atoms with Crippen molar-refractivity contribution < 1.29 is 14.6 Å². The summed E-state index contributed by atoms with van der Waals surface area (Å²) in [5.41, 5.74) is 6.76. The van der Waals surface area contributed by atoms with Crippen LogP contribution in [-0.4, -0.2) is 68.1 Å². The fourth-order valence-corrected chi connectivity index (χ4v) is 7.15. The molecule has 0 amide bonds. The van der Waals surface area contributed by atoms with Crippen LogP contribution < -0.4 is 0 Å². The van der Waals surface area contributed by atoms with E-state index < -0.39 is 0 Å². The Morgan fingerprint density at radius 3 is 2.61 bits per heavy atom. The molecule has 1 aromatic carbocycles. The van der Waals surface area contributed by atoms with E-state index in [2.05, 4.69) is 45.1 Å². The molecule has 1 aliphatic carbocycles. The number of hydrogen-bond donors (Lipinski definition) is 1. The van der Waals surface area contributed by atoms with Gasteiger partial charge in [0.25, 0.3) is 5.78 Å². The number of rotatable bonds is 9. The summed E-state index contributed by atoms with van der Waals surface area (Å²) in [6, 6.07) is 9.06. The highest BCUT2D eigenvalue weighted by molar-refractivity contribution is 5.34. The SMILES string of the molecule is CCc1cc(CCC2(C3CCCC3)CC(O)=C(Cc3nc4nc(C)cc(C)n4n3)CO2)ccc1CN1CCOCC1. The molecule has 1 atom stereocenters. The van der Waals surface area contributed by atoms with Gasteiger partial charge in [-0.2, -0.15) is 4.98 Å². The predicted octanol–water partition coefficient (Wildman–Crippen LogP) is 5.47. The van der Waals surface area contributed by atoms with E-state index in [1.54, 1.807) is 4.52 Å². The Kier molecular flexibility index (Phi) is 8.42. The first-order valence-corrected chi connectivity index (χ1v) is 15.6. The summed E-state index contributed by atoms with van der Waals surface area (Å²) >= 11 is 0. The molecule has 8 heteroatoms. The lowest BCUT2D eigenvalue weighted by molar-refractivity contribution is -0.0994. The number of aliphatic hydroxyl groups is 1. The number of aliphatic hydroxyl groups excluding tert-OH is 1. The molecule has 0 bridgehead atoms. The van der Waals surface area contributed by atoms with Crippen molar-refractivity contribution in [3.05, 3.63) is 69.5 Å². The third-order valence-electron chi connectivity index (χ3n) is 9.53. The van der Waals surface area contributed by atoms with Gasteiger partial charge in [-0.15, -0.1) is 5.10 Å². The predicted molar refractivity (Wildman–Crippen MR) is 159 cm³/mol. The van der Waals surface area contributed by atoms with Gasteiger partial charge < -0.3 is 14.6 Å². The van der Waals surface area contributed by atoms with E-state index in [0.29, 0.717) is 42.7 Å². The highest BCUT2D eigenvalue weighted by Crippen LogP contribution is 2.45. The summed E-state index contributed by atoms with van der Waals surface area (Å²) in [4.78, 5) is 11.7. The molecule has 0 spiro atoms. The molecule has 1 saturated heterocycles. The summed E-state index contributed by atoms with van der Waals surface area (Å²) in [6.07, 6.45) is 8.85. The first-order valence-electron chi connectivity index (χ1n) is 15.6. The van der Waals surface area contributed by atoms with Gasteiger partial charge in [-0.1, -0.05) is 38.0 Å². The molecule has 2 aliphatic heterocycles. The summed E-state index contributed by atoms with van der Waals surface area (Å²) in [5.74, 6) is 2.24. The van der Waals surface area contributed by atoms with Crippen LogP contribution in [0.3, 0.4) is 0 Å². The summed E-state index contributed by atoms with van der Waals surface area (Å²) in [5, 5.41) is 16.0. The van der Waals surface area contributed by atoms with E-state index in [4.69, 9.17) is 9.47 Å². The average Bonchev–Trinajstić information content (AvgIpc) is 3.66. The molecule has 8 nitrogen and oxygen atoms in total. The maximum atomic E-state index is 11.4. The van der Waals surface area contributed by atoms with E-state index in [0.717, 1.165) is 69.1 Å². The first-order chi connectivity index (χ1) is 19.9. The van der Waals surface area contributed by atoms with E-state index in [1.807, 2.05) is 19.9 Å². The van der Waals surface area contributed by atoms with Crippen LogP contribution in [0.15, 0.2) is 35.6 Å². The van der Waals surface area contributed by atoms with Gasteiger partial charge in [-0.05, 0) is 74.6 Å². The van der Waals surface area contributed by atoms with Gasteiger partial charge >= 0.3 is 0 Å². The lowest BCUT2D eigenvalue weighted by Crippen LogP contribution is -2.44. The van der Waals surface area contributed by atoms with Gasteiger partial charge in [0.05, 0.1) is 31.2 Å². The quantitative estimate of drug-likeness (QED) is 0.372. The van der Waals surface area contributed by atoms with Gasteiger partial charge in [-0.3, -0.25) is 4.90 Å². The molecular formula is C33H45N5O3. The molecule has 1 N–H and O–H groups in total. The molecule has 1 saturated carbocycles. The molecule has 2 aromatic heterocycles. The number of nitrogens with zero attached hydrogens (tertiary/aromatic N) is 5. The minimum Gasteiger partial charge on any atom is -0.512 e. The van der Waals surface area contributed by atoms with Gasteiger partial charge in [0, 0.05) is 49.4 Å². The minimum absolute atomic E-state index is 0.315. The maximum Gasteiger partial charge on any atom is 0.252 e. The van der Waals surface area contributed by atoms with E-state index in [1.165, 1.54) is 42.4 Å². The molecule has 220 valence electrons. The minimum atomic E-state index is -0.315. The van der Waals surface area contributed by atoms with Crippen molar-refractivity contribution in [3.63, 3.8) is 0 Å². The summed E-state index contributed by atoms with van der Waals surface area (Å²) < 4.78 is 14.1. The third kappa shape index (κ3) is 6.20. The van der Waals surface area contributed by atoms with Crippen molar-refractivity contribution >= 4 is 5.78 Å². The Labute approximate surface area is 243 Å². The van der Waals surface area contributed by atoms with Gasteiger partial charge in [0.15, 0.2) is 5.82 Å². The Bertz CT molecular complexity index is 1400. The van der Waals surface area contributed by atoms with Crippen LogP contribution in [0.5, 0.6) is 0 Å². The van der Waals surface area contributed by atoms with Crippen LogP contribution in [0.2, 0.25) is 0 Å². The fraction of sp³-hybridized carbons (Fsp3) is 0.606. The van der Waals surface area contributed by atoms with E-state index in [9.17, 15) is 5.11 Å². The molecule has 0 radical (unpaired) electrons. The smallest absolute Gasteiger partial charge is 0.252 e. The first kappa shape index (κ1) is 28.3. The number of ether oxygens (including phenoxy) is 2. The van der Waals surface area contributed by atoms with Crippen LogP contribution in [0.25, 0.3) is 5.78 Å². The fourth-order valence-electron chi connectivity index (χ4n) is 7.15. The topological polar surface area (TPSA) is 85.0 Å². The standard InChI is InChI=1S/C33H45N5O3/c1-4-26-18-25(9-10-27(26)21-37-13-15-40-16-14-37)11-12-33(29-7-5-6-8-29)20-30(39)28(22-41-33)19-31-35-32-34-23(2)17-24(3)38(32)36-31/h9-10,17-18,29,39H,4-8,11-16,19-22H2,1-3H3. The number of aromatic nitrogens is 4. The number of morpholine rings is 1. The zero-order valence-electron chi connectivity index (χ0n) is 25.0. The Hall–Kier alpha value is -2.81. The molecule has 41 heavy (non-hydrogen) atoms. The zero-order valence-corrected chi connectivity index (χ0v) is 25.0. The Morgan fingerprint density at radius 1 is 1.05 bits per heavy atom. The molecule has 1 unspecified atom stereocenters. The molecule has 3 aliphatic rings. The van der Waals surface area contributed by atoms with Crippen LogP contribution in [0.4, 0.5) is 0 Å². The van der Waals surface area contributed by atoms with Crippen LogP contribution >= 0.6 is 0 Å². The second-order valence-electron chi connectivity index (χ2n) is 12.4. The van der Waals surface area contributed by atoms with Crippen molar-refractivity contribution in [2.24, 2.45) is 5.92 Å². The second-order valence-corrected chi connectivity index (χ2v) is 12.4.